The molecule has 3 rings (SSSR count). The number of carbonyl (C=O) groups excluding carboxylic acids is 2. The summed E-state index contributed by atoms with van der Waals surface area (Å²) >= 11 is 2.64. The Morgan fingerprint density at radius 1 is 1.44 bits per heavy atom. The van der Waals surface area contributed by atoms with Crippen molar-refractivity contribution in [2.24, 2.45) is 0 Å². The number of thiophene rings is 1. The molecule has 1 aliphatic rings. The van der Waals surface area contributed by atoms with E-state index in [1.807, 2.05) is 38.3 Å². The second-order valence-electron chi connectivity index (χ2n) is 6.88. The Hall–Kier alpha value is -1.80. The first-order valence-corrected chi connectivity index (χ1v) is 10.1. The molecular weight excluding hydrogens is 356 g/mol. The van der Waals surface area contributed by atoms with Gasteiger partial charge < -0.3 is 10.2 Å². The SMILES string of the molecule is CCC(C)(C)NC(=O)C(c1cccs1)N(C(=O)c1csnn1)C1CC1. The number of carbonyl (C=O) groups is 2. The molecule has 1 N–H and O–H groups in total. The highest BCUT2D eigenvalue weighted by molar-refractivity contribution is 7.10. The van der Waals surface area contributed by atoms with Crippen molar-refractivity contribution < 1.29 is 9.59 Å². The van der Waals surface area contributed by atoms with Crippen molar-refractivity contribution in [3.8, 4) is 0 Å². The minimum atomic E-state index is -0.632. The van der Waals surface area contributed by atoms with E-state index in [-0.39, 0.29) is 23.4 Å². The second-order valence-corrected chi connectivity index (χ2v) is 8.47. The molecular formula is C17H22N4O2S2. The summed E-state index contributed by atoms with van der Waals surface area (Å²) in [5.74, 6) is -0.364. The van der Waals surface area contributed by atoms with Gasteiger partial charge in [-0.15, -0.1) is 16.4 Å². The summed E-state index contributed by atoms with van der Waals surface area (Å²) in [6, 6.07) is 3.27. The molecule has 6 nitrogen and oxygen atoms in total. The molecule has 0 aromatic carbocycles. The summed E-state index contributed by atoms with van der Waals surface area (Å²) in [4.78, 5) is 28.7. The molecule has 8 heteroatoms. The Balaban J connectivity index is 1.94. The molecule has 2 aromatic rings. The van der Waals surface area contributed by atoms with Gasteiger partial charge in [-0.3, -0.25) is 9.59 Å². The van der Waals surface area contributed by atoms with E-state index < -0.39 is 6.04 Å². The van der Waals surface area contributed by atoms with Crippen LogP contribution in [-0.4, -0.2) is 37.9 Å². The maximum atomic E-state index is 13.1. The molecule has 0 aliphatic heterocycles. The van der Waals surface area contributed by atoms with Gasteiger partial charge in [0.05, 0.1) is 0 Å². The van der Waals surface area contributed by atoms with Gasteiger partial charge in [-0.25, -0.2) is 0 Å². The van der Waals surface area contributed by atoms with Crippen LogP contribution in [0.5, 0.6) is 0 Å². The largest absolute Gasteiger partial charge is 0.349 e. The van der Waals surface area contributed by atoms with Crippen molar-refractivity contribution in [3.05, 3.63) is 33.5 Å². The standard InChI is InChI=1S/C17H22N4O2S2/c1-4-17(2,3)18-15(22)14(13-6-5-9-24-13)21(11-7-8-11)16(23)12-10-25-20-19-12/h5-6,9-11,14H,4,7-8H2,1-3H3,(H,18,22). The van der Waals surface area contributed by atoms with Crippen LogP contribution in [0.2, 0.25) is 0 Å². The van der Waals surface area contributed by atoms with Crippen molar-refractivity contribution in [1.29, 1.82) is 0 Å². The number of amides is 2. The first-order chi connectivity index (χ1) is 11.9. The Labute approximate surface area is 155 Å². The van der Waals surface area contributed by atoms with Gasteiger partial charge in [0.15, 0.2) is 5.69 Å². The summed E-state index contributed by atoms with van der Waals surface area (Å²) in [6.45, 7) is 6.01. The summed E-state index contributed by atoms with van der Waals surface area (Å²) in [5, 5.41) is 10.6. The lowest BCUT2D eigenvalue weighted by atomic mass is 10.0. The summed E-state index contributed by atoms with van der Waals surface area (Å²) in [5.41, 5.74) is -0.0199. The molecule has 0 bridgehead atoms. The van der Waals surface area contributed by atoms with Crippen LogP contribution in [0.4, 0.5) is 0 Å². The molecule has 1 saturated carbocycles. The third-order valence-electron chi connectivity index (χ3n) is 4.44. The molecule has 25 heavy (non-hydrogen) atoms. The molecule has 1 atom stereocenters. The summed E-state index contributed by atoms with van der Waals surface area (Å²) < 4.78 is 3.79. The van der Waals surface area contributed by atoms with Gasteiger partial charge in [-0.1, -0.05) is 17.5 Å². The van der Waals surface area contributed by atoms with Crippen molar-refractivity contribution >= 4 is 34.7 Å². The van der Waals surface area contributed by atoms with Gasteiger partial charge in [0.25, 0.3) is 5.91 Å². The molecule has 1 aliphatic carbocycles. The van der Waals surface area contributed by atoms with E-state index >= 15 is 0 Å². The maximum absolute atomic E-state index is 13.1. The number of hydrogen-bond acceptors (Lipinski definition) is 6. The molecule has 1 fully saturated rings. The quantitative estimate of drug-likeness (QED) is 0.802. The van der Waals surface area contributed by atoms with Crippen LogP contribution >= 0.6 is 22.9 Å². The Morgan fingerprint density at radius 2 is 2.20 bits per heavy atom. The van der Waals surface area contributed by atoms with E-state index in [1.165, 1.54) is 11.3 Å². The zero-order valence-corrected chi connectivity index (χ0v) is 16.2. The lowest BCUT2D eigenvalue weighted by Crippen LogP contribution is -2.50. The highest BCUT2D eigenvalue weighted by atomic mass is 32.1. The van der Waals surface area contributed by atoms with Gasteiger partial charge in [-0.05, 0) is 56.1 Å². The van der Waals surface area contributed by atoms with Crippen LogP contribution < -0.4 is 5.32 Å². The predicted molar refractivity (Wildman–Crippen MR) is 98.7 cm³/mol. The van der Waals surface area contributed by atoms with E-state index in [2.05, 4.69) is 14.9 Å². The van der Waals surface area contributed by atoms with Crippen LogP contribution in [0, 0.1) is 0 Å². The first-order valence-electron chi connectivity index (χ1n) is 8.38. The van der Waals surface area contributed by atoms with E-state index in [9.17, 15) is 9.59 Å². The minimum Gasteiger partial charge on any atom is -0.349 e. The van der Waals surface area contributed by atoms with Crippen molar-refractivity contribution in [1.82, 2.24) is 19.8 Å². The van der Waals surface area contributed by atoms with Gasteiger partial charge >= 0.3 is 0 Å². The maximum Gasteiger partial charge on any atom is 0.276 e. The average Bonchev–Trinajstić information content (AvgIpc) is 3.05. The van der Waals surface area contributed by atoms with Gasteiger partial charge in [-0.2, -0.15) is 0 Å². The second kappa shape index (κ2) is 7.21. The van der Waals surface area contributed by atoms with E-state index in [4.69, 9.17) is 0 Å². The smallest absolute Gasteiger partial charge is 0.276 e. The van der Waals surface area contributed by atoms with Crippen molar-refractivity contribution in [3.63, 3.8) is 0 Å². The lowest BCUT2D eigenvalue weighted by Gasteiger charge is -2.33. The number of hydrogen-bond donors (Lipinski definition) is 1. The highest BCUT2D eigenvalue weighted by Crippen LogP contribution is 2.37. The fourth-order valence-corrected chi connectivity index (χ4v) is 3.82. The third-order valence-corrected chi connectivity index (χ3v) is 5.87. The van der Waals surface area contributed by atoms with Gasteiger partial charge in [0.1, 0.15) is 6.04 Å². The molecule has 2 heterocycles. The van der Waals surface area contributed by atoms with Crippen molar-refractivity contribution in [2.75, 3.05) is 0 Å². The predicted octanol–water partition coefficient (Wildman–Crippen LogP) is 3.25. The molecule has 2 aromatic heterocycles. The highest BCUT2D eigenvalue weighted by Gasteiger charge is 2.43. The Kier molecular flexibility index (Phi) is 5.19. The summed E-state index contributed by atoms with van der Waals surface area (Å²) in [6.07, 6.45) is 2.63. The Morgan fingerprint density at radius 3 is 2.72 bits per heavy atom. The van der Waals surface area contributed by atoms with Crippen molar-refractivity contribution in [2.45, 2.75) is 57.7 Å². The van der Waals surface area contributed by atoms with Crippen LogP contribution in [0.1, 0.15) is 61.4 Å². The van der Waals surface area contributed by atoms with Gasteiger partial charge in [0.2, 0.25) is 5.91 Å². The monoisotopic (exact) mass is 378 g/mol. The zero-order valence-electron chi connectivity index (χ0n) is 14.6. The fraction of sp³-hybridized carbons (Fsp3) is 0.529. The lowest BCUT2D eigenvalue weighted by molar-refractivity contribution is -0.127. The van der Waals surface area contributed by atoms with E-state index in [0.717, 1.165) is 35.7 Å². The normalized spacial score (nSPS) is 15.6. The van der Waals surface area contributed by atoms with Crippen LogP contribution in [0.3, 0.4) is 0 Å². The molecule has 2 amide bonds. The zero-order chi connectivity index (χ0) is 18.0. The minimum absolute atomic E-state index is 0.0804. The number of nitrogens with one attached hydrogen (secondary N) is 1. The van der Waals surface area contributed by atoms with Crippen LogP contribution in [0.25, 0.3) is 0 Å². The van der Waals surface area contributed by atoms with Gasteiger partial charge in [0, 0.05) is 21.8 Å². The van der Waals surface area contributed by atoms with Crippen LogP contribution in [-0.2, 0) is 4.79 Å². The summed E-state index contributed by atoms with van der Waals surface area (Å²) in [7, 11) is 0. The molecule has 0 saturated heterocycles. The van der Waals surface area contributed by atoms with Crippen LogP contribution in [0.15, 0.2) is 22.9 Å². The molecule has 1 unspecified atom stereocenters. The molecule has 134 valence electrons. The Bertz CT molecular complexity index is 724. The molecule has 0 spiro atoms. The third kappa shape index (κ3) is 4.07. The number of aromatic nitrogens is 2. The first kappa shape index (κ1) is 18.0. The fourth-order valence-electron chi connectivity index (χ4n) is 2.57. The van der Waals surface area contributed by atoms with E-state index in [1.54, 1.807) is 10.3 Å². The number of rotatable bonds is 7. The topological polar surface area (TPSA) is 75.2 Å². The average molecular weight is 379 g/mol. The number of nitrogens with zero attached hydrogens (tertiary/aromatic N) is 3. The van der Waals surface area contributed by atoms with E-state index in [0.29, 0.717) is 5.69 Å². The molecule has 0 radical (unpaired) electrons.